The average molecular weight is 274 g/mol. The van der Waals surface area contributed by atoms with Gasteiger partial charge in [0.05, 0.1) is 17.3 Å². The number of aliphatic hydroxyl groups is 1. The maximum Gasteiger partial charge on any atom is 0.131 e. The van der Waals surface area contributed by atoms with Crippen molar-refractivity contribution in [1.82, 2.24) is 5.32 Å². The van der Waals surface area contributed by atoms with Crippen LogP contribution in [0.25, 0.3) is 0 Å². The smallest absolute Gasteiger partial charge is 0.131 e. The number of nitrogens with one attached hydrogen (secondary N) is 1. The summed E-state index contributed by atoms with van der Waals surface area (Å²) in [6.45, 7) is 1.02. The molecule has 0 saturated heterocycles. The topological polar surface area (TPSA) is 45.4 Å². The number of hydrogen-bond acceptors (Lipinski definition) is 3. The summed E-state index contributed by atoms with van der Waals surface area (Å²) >= 11 is 3.42. The van der Waals surface area contributed by atoms with Gasteiger partial charge in [-0.2, -0.15) is 0 Å². The lowest BCUT2D eigenvalue weighted by atomic mass is 10.1. The van der Waals surface area contributed by atoms with E-state index in [1.165, 1.54) is 6.42 Å². The fraction of sp³-hybridized carbons (Fsp3) is 0.636. The summed E-state index contributed by atoms with van der Waals surface area (Å²) in [4.78, 5) is 0. The molecular weight excluding hydrogens is 258 g/mol. The maximum absolute atomic E-state index is 9.18. The molecule has 1 aliphatic carbocycles. The molecule has 2 unspecified atom stereocenters. The van der Waals surface area contributed by atoms with Gasteiger partial charge in [0.15, 0.2) is 0 Å². The monoisotopic (exact) mass is 273 g/mol. The summed E-state index contributed by atoms with van der Waals surface area (Å²) in [6.07, 6.45) is 5.18. The van der Waals surface area contributed by atoms with Crippen LogP contribution in [0.15, 0.2) is 21.2 Å². The largest absolute Gasteiger partial charge is 0.467 e. The molecule has 1 aromatic rings. The predicted octanol–water partition coefficient (Wildman–Crippen LogP) is 2.29. The average Bonchev–Trinajstić information content (AvgIpc) is 2.83. The molecule has 2 atom stereocenters. The summed E-state index contributed by atoms with van der Waals surface area (Å²) in [7, 11) is 0. The molecule has 0 aromatic carbocycles. The second kappa shape index (κ2) is 5.14. The standard InChI is InChI=1S/C11H16BrNO2/c12-9-4-5-15-11(9)6-13-10-3-1-2-8(10)7-14/h4-5,8,10,13-14H,1-3,6-7H2. The van der Waals surface area contributed by atoms with E-state index in [4.69, 9.17) is 4.42 Å². The highest BCUT2D eigenvalue weighted by Gasteiger charge is 2.26. The van der Waals surface area contributed by atoms with E-state index >= 15 is 0 Å². The van der Waals surface area contributed by atoms with Crippen molar-refractivity contribution in [2.75, 3.05) is 6.61 Å². The Hall–Kier alpha value is -0.320. The van der Waals surface area contributed by atoms with Crippen molar-refractivity contribution >= 4 is 15.9 Å². The van der Waals surface area contributed by atoms with E-state index in [0.29, 0.717) is 12.0 Å². The highest BCUT2D eigenvalue weighted by molar-refractivity contribution is 9.10. The summed E-state index contributed by atoms with van der Waals surface area (Å²) in [5, 5.41) is 12.6. The Morgan fingerprint density at radius 2 is 2.40 bits per heavy atom. The molecule has 0 amide bonds. The lowest BCUT2D eigenvalue weighted by Gasteiger charge is -2.18. The van der Waals surface area contributed by atoms with Crippen LogP contribution in [0.2, 0.25) is 0 Å². The van der Waals surface area contributed by atoms with E-state index in [-0.39, 0.29) is 6.61 Å². The Kier molecular flexibility index (Phi) is 3.83. The molecule has 84 valence electrons. The third-order valence-corrected chi connectivity index (χ3v) is 3.82. The molecule has 1 saturated carbocycles. The first-order valence-corrected chi connectivity index (χ1v) is 6.16. The molecule has 4 heteroatoms. The minimum Gasteiger partial charge on any atom is -0.467 e. The van der Waals surface area contributed by atoms with Crippen LogP contribution < -0.4 is 5.32 Å². The molecule has 15 heavy (non-hydrogen) atoms. The van der Waals surface area contributed by atoms with Crippen LogP contribution in [0, 0.1) is 5.92 Å². The van der Waals surface area contributed by atoms with E-state index < -0.39 is 0 Å². The normalized spacial score (nSPS) is 26.0. The molecule has 1 aromatic heterocycles. The summed E-state index contributed by atoms with van der Waals surface area (Å²) in [5.41, 5.74) is 0. The maximum atomic E-state index is 9.18. The van der Waals surface area contributed by atoms with Crippen LogP contribution in [0.1, 0.15) is 25.0 Å². The quantitative estimate of drug-likeness (QED) is 0.885. The molecule has 2 rings (SSSR count). The Labute approximate surface area is 98.0 Å². The van der Waals surface area contributed by atoms with E-state index in [1.807, 2.05) is 6.07 Å². The van der Waals surface area contributed by atoms with Crippen LogP contribution in [0.4, 0.5) is 0 Å². The van der Waals surface area contributed by atoms with Crippen LogP contribution in [0.3, 0.4) is 0 Å². The van der Waals surface area contributed by atoms with Gasteiger partial charge in [-0.1, -0.05) is 6.42 Å². The van der Waals surface area contributed by atoms with Crippen molar-refractivity contribution in [3.63, 3.8) is 0 Å². The molecular formula is C11H16BrNO2. The molecule has 0 spiro atoms. The Bertz CT molecular complexity index is 313. The van der Waals surface area contributed by atoms with Crippen LogP contribution in [0.5, 0.6) is 0 Å². The molecule has 2 N–H and O–H groups in total. The van der Waals surface area contributed by atoms with E-state index in [9.17, 15) is 5.11 Å². The van der Waals surface area contributed by atoms with Crippen LogP contribution >= 0.6 is 15.9 Å². The van der Waals surface area contributed by atoms with Gasteiger partial charge in [0.25, 0.3) is 0 Å². The molecule has 0 bridgehead atoms. The molecule has 0 radical (unpaired) electrons. The summed E-state index contributed by atoms with van der Waals surface area (Å²) in [5.74, 6) is 1.34. The van der Waals surface area contributed by atoms with Crippen LogP contribution in [-0.2, 0) is 6.54 Å². The van der Waals surface area contributed by atoms with Gasteiger partial charge < -0.3 is 14.8 Å². The zero-order chi connectivity index (χ0) is 10.7. The second-order valence-corrected chi connectivity index (χ2v) is 4.91. The van der Waals surface area contributed by atoms with Crippen molar-refractivity contribution in [1.29, 1.82) is 0 Å². The Morgan fingerprint density at radius 3 is 3.07 bits per heavy atom. The number of aliphatic hydroxyl groups excluding tert-OH is 1. The van der Waals surface area contributed by atoms with Crippen molar-refractivity contribution in [3.05, 3.63) is 22.6 Å². The number of furan rings is 1. The van der Waals surface area contributed by atoms with Gasteiger partial charge in [-0.05, 0) is 40.8 Å². The molecule has 3 nitrogen and oxygen atoms in total. The fourth-order valence-electron chi connectivity index (χ4n) is 2.20. The highest BCUT2D eigenvalue weighted by atomic mass is 79.9. The van der Waals surface area contributed by atoms with E-state index in [0.717, 1.165) is 29.6 Å². The minimum absolute atomic E-state index is 0.289. The second-order valence-electron chi connectivity index (χ2n) is 4.05. The molecule has 1 fully saturated rings. The zero-order valence-corrected chi connectivity index (χ0v) is 10.2. The van der Waals surface area contributed by atoms with Crippen molar-refractivity contribution in [2.45, 2.75) is 31.8 Å². The molecule has 1 aliphatic rings. The van der Waals surface area contributed by atoms with Gasteiger partial charge in [0.1, 0.15) is 5.76 Å². The van der Waals surface area contributed by atoms with Gasteiger partial charge in [0.2, 0.25) is 0 Å². The van der Waals surface area contributed by atoms with Crippen molar-refractivity contribution in [2.24, 2.45) is 5.92 Å². The Balaban J connectivity index is 1.85. The first-order chi connectivity index (χ1) is 7.31. The zero-order valence-electron chi connectivity index (χ0n) is 8.58. The Morgan fingerprint density at radius 1 is 1.53 bits per heavy atom. The fourth-order valence-corrected chi connectivity index (χ4v) is 2.54. The lowest BCUT2D eigenvalue weighted by Crippen LogP contribution is -2.33. The van der Waals surface area contributed by atoms with Gasteiger partial charge in [0, 0.05) is 12.6 Å². The minimum atomic E-state index is 0.289. The summed E-state index contributed by atoms with van der Waals surface area (Å²) in [6, 6.07) is 2.34. The third-order valence-electron chi connectivity index (χ3n) is 3.11. The number of rotatable bonds is 4. The first-order valence-electron chi connectivity index (χ1n) is 5.37. The SMILES string of the molecule is OCC1CCCC1NCc1occc1Br. The predicted molar refractivity (Wildman–Crippen MR) is 61.5 cm³/mol. The van der Waals surface area contributed by atoms with Crippen molar-refractivity contribution in [3.8, 4) is 0 Å². The molecule has 0 aliphatic heterocycles. The number of hydrogen-bond donors (Lipinski definition) is 2. The van der Waals surface area contributed by atoms with Gasteiger partial charge in [-0.25, -0.2) is 0 Å². The van der Waals surface area contributed by atoms with Gasteiger partial charge in [-0.3, -0.25) is 0 Å². The highest BCUT2D eigenvalue weighted by Crippen LogP contribution is 2.26. The lowest BCUT2D eigenvalue weighted by molar-refractivity contribution is 0.203. The molecule has 1 heterocycles. The third kappa shape index (κ3) is 2.62. The van der Waals surface area contributed by atoms with E-state index in [2.05, 4.69) is 21.2 Å². The first kappa shape index (κ1) is 11.2. The van der Waals surface area contributed by atoms with Crippen LogP contribution in [-0.4, -0.2) is 17.8 Å². The van der Waals surface area contributed by atoms with Crippen molar-refractivity contribution < 1.29 is 9.52 Å². The van der Waals surface area contributed by atoms with E-state index in [1.54, 1.807) is 6.26 Å². The summed E-state index contributed by atoms with van der Waals surface area (Å²) < 4.78 is 6.33. The van der Waals surface area contributed by atoms with Gasteiger partial charge in [-0.15, -0.1) is 0 Å². The van der Waals surface area contributed by atoms with Gasteiger partial charge >= 0.3 is 0 Å². The number of halogens is 1.